The maximum atomic E-state index is 12.3. The van der Waals surface area contributed by atoms with E-state index in [-0.39, 0.29) is 23.7 Å². The van der Waals surface area contributed by atoms with E-state index in [9.17, 15) is 14.7 Å². The molecule has 0 aromatic heterocycles. The summed E-state index contributed by atoms with van der Waals surface area (Å²) in [6.07, 6.45) is 0.0626. The largest absolute Gasteiger partial charge is 0.393 e. The van der Waals surface area contributed by atoms with Crippen molar-refractivity contribution < 1.29 is 14.7 Å². The molecular formula is C18H28N2O3. The number of aliphatic hydroxyl groups excluding tert-OH is 1. The minimum atomic E-state index is -0.598. The van der Waals surface area contributed by atoms with Crippen LogP contribution < -0.4 is 10.6 Å². The van der Waals surface area contributed by atoms with Crippen LogP contribution in [0.2, 0.25) is 0 Å². The highest BCUT2D eigenvalue weighted by Crippen LogP contribution is 2.07. The molecule has 1 aromatic rings. The third kappa shape index (κ3) is 6.40. The van der Waals surface area contributed by atoms with E-state index in [1.54, 1.807) is 24.3 Å². The fourth-order valence-corrected chi connectivity index (χ4v) is 2.14. The minimum Gasteiger partial charge on any atom is -0.393 e. The second-order valence-corrected chi connectivity index (χ2v) is 6.45. The van der Waals surface area contributed by atoms with E-state index in [0.29, 0.717) is 18.5 Å². The molecule has 23 heavy (non-hydrogen) atoms. The van der Waals surface area contributed by atoms with Gasteiger partial charge in [0, 0.05) is 12.1 Å². The van der Waals surface area contributed by atoms with Crippen LogP contribution in [-0.4, -0.2) is 35.6 Å². The Morgan fingerprint density at radius 1 is 1.04 bits per heavy atom. The standard InChI is InChI=1S/C18H28N2O3/c1-12(2)15(21)10-11-19-18(23)16(13(3)4)20-17(22)14-8-6-5-7-9-14/h5-9,12-13,15-16,21H,10-11H2,1-4H3,(H,19,23)(H,20,22). The maximum Gasteiger partial charge on any atom is 0.251 e. The van der Waals surface area contributed by atoms with Gasteiger partial charge in [-0.15, -0.1) is 0 Å². The van der Waals surface area contributed by atoms with Gasteiger partial charge in [-0.25, -0.2) is 0 Å². The van der Waals surface area contributed by atoms with Crippen LogP contribution in [0.4, 0.5) is 0 Å². The molecule has 0 aliphatic carbocycles. The van der Waals surface area contributed by atoms with E-state index in [4.69, 9.17) is 0 Å². The summed E-state index contributed by atoms with van der Waals surface area (Å²) in [5.41, 5.74) is 0.529. The Balaban J connectivity index is 2.57. The molecule has 2 atom stereocenters. The molecule has 0 spiro atoms. The summed E-state index contributed by atoms with van der Waals surface area (Å²) in [6, 6.07) is 8.23. The predicted molar refractivity (Wildman–Crippen MR) is 91.0 cm³/mol. The Kier molecular flexibility index (Phi) is 7.75. The first-order chi connectivity index (χ1) is 10.8. The Morgan fingerprint density at radius 2 is 1.65 bits per heavy atom. The number of carbonyl (C=O) groups is 2. The van der Waals surface area contributed by atoms with Gasteiger partial charge in [0.2, 0.25) is 5.91 Å². The first kappa shape index (κ1) is 19.2. The molecule has 3 N–H and O–H groups in total. The molecule has 0 heterocycles. The fourth-order valence-electron chi connectivity index (χ4n) is 2.14. The number of hydrogen-bond donors (Lipinski definition) is 3. The second-order valence-electron chi connectivity index (χ2n) is 6.45. The molecule has 5 heteroatoms. The van der Waals surface area contributed by atoms with Crippen molar-refractivity contribution in [2.75, 3.05) is 6.54 Å². The Hall–Kier alpha value is -1.88. The quantitative estimate of drug-likeness (QED) is 0.685. The minimum absolute atomic E-state index is 0.0299. The molecule has 0 bridgehead atoms. The van der Waals surface area contributed by atoms with Gasteiger partial charge in [-0.3, -0.25) is 9.59 Å². The van der Waals surface area contributed by atoms with Gasteiger partial charge in [-0.05, 0) is 30.4 Å². The number of aliphatic hydroxyl groups is 1. The Bertz CT molecular complexity index is 500. The third-order valence-corrected chi connectivity index (χ3v) is 3.78. The lowest BCUT2D eigenvalue weighted by Gasteiger charge is -2.22. The summed E-state index contributed by atoms with van der Waals surface area (Å²) in [5, 5.41) is 15.3. The molecule has 0 saturated heterocycles. The third-order valence-electron chi connectivity index (χ3n) is 3.78. The van der Waals surface area contributed by atoms with Crippen molar-refractivity contribution in [1.29, 1.82) is 0 Å². The summed E-state index contributed by atoms with van der Waals surface area (Å²) in [7, 11) is 0. The molecule has 2 unspecified atom stereocenters. The smallest absolute Gasteiger partial charge is 0.251 e. The molecule has 0 radical (unpaired) electrons. The van der Waals surface area contributed by atoms with Crippen molar-refractivity contribution in [3.05, 3.63) is 35.9 Å². The maximum absolute atomic E-state index is 12.3. The number of carbonyl (C=O) groups excluding carboxylic acids is 2. The summed E-state index contributed by atoms with van der Waals surface area (Å²) < 4.78 is 0. The average molecular weight is 320 g/mol. The molecule has 1 rings (SSSR count). The van der Waals surface area contributed by atoms with Crippen LogP contribution in [0, 0.1) is 11.8 Å². The number of rotatable bonds is 8. The molecule has 0 aliphatic rings. The van der Waals surface area contributed by atoms with Crippen molar-refractivity contribution in [3.63, 3.8) is 0 Å². The van der Waals surface area contributed by atoms with E-state index in [2.05, 4.69) is 10.6 Å². The molecular weight excluding hydrogens is 292 g/mol. The summed E-state index contributed by atoms with van der Waals surface area (Å²) in [6.45, 7) is 8.03. The van der Waals surface area contributed by atoms with Gasteiger partial charge < -0.3 is 15.7 Å². The first-order valence-electron chi connectivity index (χ1n) is 8.14. The molecule has 0 saturated carbocycles. The Labute approximate surface area is 138 Å². The van der Waals surface area contributed by atoms with Crippen LogP contribution in [0.15, 0.2) is 30.3 Å². The lowest BCUT2D eigenvalue weighted by atomic mass is 10.0. The zero-order chi connectivity index (χ0) is 17.4. The van der Waals surface area contributed by atoms with Crippen molar-refractivity contribution in [3.8, 4) is 0 Å². The zero-order valence-electron chi connectivity index (χ0n) is 14.4. The van der Waals surface area contributed by atoms with Crippen LogP contribution in [0.5, 0.6) is 0 Å². The highest BCUT2D eigenvalue weighted by atomic mass is 16.3. The molecule has 2 amide bonds. The molecule has 5 nitrogen and oxygen atoms in total. The van der Waals surface area contributed by atoms with Crippen LogP contribution in [0.25, 0.3) is 0 Å². The lowest BCUT2D eigenvalue weighted by molar-refractivity contribution is -0.124. The van der Waals surface area contributed by atoms with Crippen LogP contribution in [0.3, 0.4) is 0 Å². The fraction of sp³-hybridized carbons (Fsp3) is 0.556. The van der Waals surface area contributed by atoms with E-state index in [1.807, 2.05) is 33.8 Å². The average Bonchev–Trinajstić information content (AvgIpc) is 2.52. The zero-order valence-corrected chi connectivity index (χ0v) is 14.4. The van der Waals surface area contributed by atoms with Gasteiger partial charge in [0.1, 0.15) is 6.04 Å². The summed E-state index contributed by atoms with van der Waals surface area (Å²) in [4.78, 5) is 24.5. The van der Waals surface area contributed by atoms with E-state index in [0.717, 1.165) is 0 Å². The SMILES string of the molecule is CC(C)C(O)CCNC(=O)C(NC(=O)c1ccccc1)C(C)C. The highest BCUT2D eigenvalue weighted by molar-refractivity contribution is 5.97. The van der Waals surface area contributed by atoms with E-state index in [1.165, 1.54) is 0 Å². The van der Waals surface area contributed by atoms with Gasteiger partial charge in [0.25, 0.3) is 5.91 Å². The van der Waals surface area contributed by atoms with Crippen molar-refractivity contribution >= 4 is 11.8 Å². The van der Waals surface area contributed by atoms with Gasteiger partial charge in [0.05, 0.1) is 6.10 Å². The van der Waals surface area contributed by atoms with E-state index >= 15 is 0 Å². The van der Waals surface area contributed by atoms with Gasteiger partial charge in [-0.2, -0.15) is 0 Å². The van der Waals surface area contributed by atoms with Crippen molar-refractivity contribution in [2.24, 2.45) is 11.8 Å². The van der Waals surface area contributed by atoms with Gasteiger partial charge >= 0.3 is 0 Å². The number of nitrogens with one attached hydrogen (secondary N) is 2. The number of amides is 2. The topological polar surface area (TPSA) is 78.4 Å². The van der Waals surface area contributed by atoms with Crippen LogP contribution in [-0.2, 0) is 4.79 Å². The predicted octanol–water partition coefficient (Wildman–Crippen LogP) is 1.96. The number of benzene rings is 1. The van der Waals surface area contributed by atoms with Gasteiger partial charge in [-0.1, -0.05) is 45.9 Å². The highest BCUT2D eigenvalue weighted by Gasteiger charge is 2.24. The normalized spacial score (nSPS) is 13.7. The first-order valence-corrected chi connectivity index (χ1v) is 8.14. The monoisotopic (exact) mass is 320 g/mol. The van der Waals surface area contributed by atoms with Crippen molar-refractivity contribution in [2.45, 2.75) is 46.3 Å². The van der Waals surface area contributed by atoms with Crippen LogP contribution in [0.1, 0.15) is 44.5 Å². The molecule has 0 aliphatic heterocycles. The van der Waals surface area contributed by atoms with Crippen molar-refractivity contribution in [1.82, 2.24) is 10.6 Å². The van der Waals surface area contributed by atoms with Crippen LogP contribution >= 0.6 is 0 Å². The lowest BCUT2D eigenvalue weighted by Crippen LogP contribution is -2.50. The number of hydrogen-bond acceptors (Lipinski definition) is 3. The molecule has 128 valence electrons. The second kappa shape index (κ2) is 9.30. The summed E-state index contributed by atoms with van der Waals surface area (Å²) >= 11 is 0. The summed E-state index contributed by atoms with van der Waals surface area (Å²) in [5.74, 6) is -0.356. The molecule has 0 fully saturated rings. The van der Waals surface area contributed by atoms with E-state index < -0.39 is 12.1 Å². The Morgan fingerprint density at radius 3 is 2.17 bits per heavy atom. The van der Waals surface area contributed by atoms with Gasteiger partial charge in [0.15, 0.2) is 0 Å². The molecule has 1 aromatic carbocycles.